The Morgan fingerprint density at radius 3 is 2.44 bits per heavy atom. The maximum atomic E-state index is 11.7. The number of ether oxygens (including phenoxy) is 1. The minimum atomic E-state index is -0.441. The molecule has 4 heteroatoms. The summed E-state index contributed by atoms with van der Waals surface area (Å²) in [5, 5.41) is 0. The molecule has 16 heavy (non-hydrogen) atoms. The highest BCUT2D eigenvalue weighted by Crippen LogP contribution is 2.52. The summed E-state index contributed by atoms with van der Waals surface area (Å²) in [5.41, 5.74) is -0.345. The second kappa shape index (κ2) is 3.47. The molecule has 0 bridgehead atoms. The SMILES string of the molecule is CC(C)(C)OC(=O)N1CC2(CCC2C=O)C1. The van der Waals surface area contributed by atoms with Crippen LogP contribution in [0.1, 0.15) is 33.6 Å². The fraction of sp³-hybridized carbons (Fsp3) is 0.833. The third kappa shape index (κ3) is 1.81. The Bertz CT molecular complexity index is 313. The van der Waals surface area contributed by atoms with Crippen molar-refractivity contribution in [3.63, 3.8) is 0 Å². The van der Waals surface area contributed by atoms with Gasteiger partial charge in [0, 0.05) is 24.4 Å². The maximum absolute atomic E-state index is 11.7. The Balaban J connectivity index is 1.84. The molecule has 1 aliphatic heterocycles. The average molecular weight is 225 g/mol. The third-order valence-corrected chi connectivity index (χ3v) is 3.57. The first-order valence-electron chi connectivity index (χ1n) is 5.80. The number of rotatable bonds is 1. The molecule has 1 unspecified atom stereocenters. The molecule has 0 aromatic rings. The highest BCUT2D eigenvalue weighted by Gasteiger charge is 2.56. The molecule has 4 nitrogen and oxygen atoms in total. The van der Waals surface area contributed by atoms with E-state index >= 15 is 0 Å². The number of nitrogens with zero attached hydrogens (tertiary/aromatic N) is 1. The summed E-state index contributed by atoms with van der Waals surface area (Å²) < 4.78 is 5.27. The lowest BCUT2D eigenvalue weighted by Crippen LogP contribution is -2.66. The smallest absolute Gasteiger partial charge is 0.410 e. The van der Waals surface area contributed by atoms with Crippen molar-refractivity contribution in [1.82, 2.24) is 4.90 Å². The van der Waals surface area contributed by atoms with E-state index in [1.54, 1.807) is 4.90 Å². The molecule has 1 saturated heterocycles. The zero-order valence-electron chi connectivity index (χ0n) is 10.2. The van der Waals surface area contributed by atoms with Crippen LogP contribution in [0.15, 0.2) is 0 Å². The number of hydrogen-bond donors (Lipinski definition) is 0. The second-order valence-electron chi connectivity index (χ2n) is 5.98. The molecule has 90 valence electrons. The van der Waals surface area contributed by atoms with Gasteiger partial charge in [-0.2, -0.15) is 0 Å². The van der Waals surface area contributed by atoms with Gasteiger partial charge in [-0.25, -0.2) is 4.79 Å². The summed E-state index contributed by atoms with van der Waals surface area (Å²) in [4.78, 5) is 24.1. The van der Waals surface area contributed by atoms with Gasteiger partial charge in [0.05, 0.1) is 0 Å². The minimum Gasteiger partial charge on any atom is -0.444 e. The quantitative estimate of drug-likeness (QED) is 0.640. The van der Waals surface area contributed by atoms with Crippen LogP contribution in [0.4, 0.5) is 4.79 Å². The number of likely N-dealkylation sites (tertiary alicyclic amines) is 1. The molecular formula is C12H19NO3. The molecule has 0 radical (unpaired) electrons. The van der Waals surface area contributed by atoms with Crippen molar-refractivity contribution in [3.05, 3.63) is 0 Å². The van der Waals surface area contributed by atoms with E-state index in [0.717, 1.165) is 19.1 Å². The molecule has 1 aliphatic carbocycles. The first-order valence-corrected chi connectivity index (χ1v) is 5.80. The second-order valence-corrected chi connectivity index (χ2v) is 5.98. The highest BCUT2D eigenvalue weighted by atomic mass is 16.6. The van der Waals surface area contributed by atoms with Crippen LogP contribution in [0.3, 0.4) is 0 Å². The van der Waals surface area contributed by atoms with Gasteiger partial charge in [0.15, 0.2) is 0 Å². The Labute approximate surface area is 95.9 Å². The van der Waals surface area contributed by atoms with Gasteiger partial charge >= 0.3 is 6.09 Å². The normalized spacial score (nSPS) is 26.9. The first kappa shape index (κ1) is 11.4. The van der Waals surface area contributed by atoms with Gasteiger partial charge in [0.25, 0.3) is 0 Å². The fourth-order valence-corrected chi connectivity index (χ4v) is 2.49. The average Bonchev–Trinajstić information content (AvgIpc) is 1.96. The summed E-state index contributed by atoms with van der Waals surface area (Å²) in [5.74, 6) is 0.159. The first-order chi connectivity index (χ1) is 7.36. The Morgan fingerprint density at radius 1 is 1.44 bits per heavy atom. The number of carbonyl (C=O) groups excluding carboxylic acids is 2. The van der Waals surface area contributed by atoms with E-state index in [1.807, 2.05) is 20.8 Å². The number of amides is 1. The van der Waals surface area contributed by atoms with Crippen molar-refractivity contribution in [2.45, 2.75) is 39.2 Å². The molecule has 2 fully saturated rings. The topological polar surface area (TPSA) is 46.6 Å². The predicted octanol–water partition coefficient (Wildman–Crippen LogP) is 1.83. The van der Waals surface area contributed by atoms with E-state index in [4.69, 9.17) is 4.74 Å². The largest absolute Gasteiger partial charge is 0.444 e. The van der Waals surface area contributed by atoms with E-state index in [2.05, 4.69) is 0 Å². The summed E-state index contributed by atoms with van der Waals surface area (Å²) in [6, 6.07) is 0. The van der Waals surface area contributed by atoms with Gasteiger partial charge in [-0.05, 0) is 33.6 Å². The monoisotopic (exact) mass is 225 g/mol. The molecule has 0 N–H and O–H groups in total. The van der Waals surface area contributed by atoms with Crippen LogP contribution in [-0.4, -0.2) is 36.0 Å². The van der Waals surface area contributed by atoms with Crippen molar-refractivity contribution in [2.75, 3.05) is 13.1 Å². The summed E-state index contributed by atoms with van der Waals surface area (Å²) in [7, 11) is 0. The Kier molecular flexibility index (Phi) is 2.48. The fourth-order valence-electron chi connectivity index (χ4n) is 2.49. The lowest BCUT2D eigenvalue weighted by Gasteiger charge is -2.58. The van der Waals surface area contributed by atoms with Gasteiger partial charge in [-0.15, -0.1) is 0 Å². The van der Waals surface area contributed by atoms with Crippen molar-refractivity contribution in [3.8, 4) is 0 Å². The zero-order valence-corrected chi connectivity index (χ0v) is 10.2. The van der Waals surface area contributed by atoms with Crippen LogP contribution in [0.25, 0.3) is 0 Å². The lowest BCUT2D eigenvalue weighted by molar-refractivity contribution is -0.139. The van der Waals surface area contributed by atoms with Crippen molar-refractivity contribution < 1.29 is 14.3 Å². The molecule has 0 aromatic heterocycles. The van der Waals surface area contributed by atoms with Crippen LogP contribution in [-0.2, 0) is 9.53 Å². The maximum Gasteiger partial charge on any atom is 0.410 e. The van der Waals surface area contributed by atoms with Crippen molar-refractivity contribution in [2.24, 2.45) is 11.3 Å². The van der Waals surface area contributed by atoms with Crippen LogP contribution >= 0.6 is 0 Å². The lowest BCUT2D eigenvalue weighted by atomic mass is 9.56. The molecule has 1 atom stereocenters. The van der Waals surface area contributed by atoms with E-state index in [0.29, 0.717) is 13.1 Å². The van der Waals surface area contributed by atoms with Gasteiger partial charge in [-0.1, -0.05) is 0 Å². The summed E-state index contributed by atoms with van der Waals surface area (Å²) in [6.45, 7) is 6.95. The highest BCUT2D eigenvalue weighted by molar-refractivity contribution is 5.70. The molecule has 2 aliphatic rings. The molecule has 1 amide bonds. The van der Waals surface area contributed by atoms with E-state index in [-0.39, 0.29) is 17.4 Å². The Morgan fingerprint density at radius 2 is 2.06 bits per heavy atom. The minimum absolute atomic E-state index is 0.0959. The van der Waals surface area contributed by atoms with Gasteiger partial charge in [0.1, 0.15) is 11.9 Å². The van der Waals surface area contributed by atoms with Crippen molar-refractivity contribution >= 4 is 12.4 Å². The van der Waals surface area contributed by atoms with Crippen LogP contribution in [0.2, 0.25) is 0 Å². The van der Waals surface area contributed by atoms with E-state index in [9.17, 15) is 9.59 Å². The predicted molar refractivity (Wildman–Crippen MR) is 59.0 cm³/mol. The number of hydrogen-bond acceptors (Lipinski definition) is 3. The molecule has 1 spiro atoms. The van der Waals surface area contributed by atoms with Gasteiger partial charge in [0.2, 0.25) is 0 Å². The molecule has 1 heterocycles. The van der Waals surface area contributed by atoms with Crippen LogP contribution in [0.5, 0.6) is 0 Å². The van der Waals surface area contributed by atoms with E-state index in [1.165, 1.54) is 0 Å². The summed E-state index contributed by atoms with van der Waals surface area (Å²) in [6.07, 6.45) is 2.83. The van der Waals surface area contributed by atoms with E-state index < -0.39 is 5.60 Å². The molecular weight excluding hydrogens is 206 g/mol. The summed E-state index contributed by atoms with van der Waals surface area (Å²) >= 11 is 0. The number of carbonyl (C=O) groups is 2. The van der Waals surface area contributed by atoms with Crippen molar-refractivity contribution in [1.29, 1.82) is 0 Å². The molecule has 0 aromatic carbocycles. The standard InChI is InChI=1S/C12H19NO3/c1-11(2,3)16-10(15)13-7-12(8-13)5-4-9(12)6-14/h6,9H,4-5,7-8H2,1-3H3. The molecule has 1 saturated carbocycles. The van der Waals surface area contributed by atoms with Crippen LogP contribution < -0.4 is 0 Å². The Hall–Kier alpha value is -1.06. The van der Waals surface area contributed by atoms with Gasteiger partial charge < -0.3 is 14.4 Å². The zero-order chi connectivity index (χ0) is 12.0. The van der Waals surface area contributed by atoms with Gasteiger partial charge in [-0.3, -0.25) is 0 Å². The number of aldehydes is 1. The van der Waals surface area contributed by atoms with Crippen LogP contribution in [0, 0.1) is 11.3 Å². The molecule has 2 rings (SSSR count). The third-order valence-electron chi connectivity index (χ3n) is 3.57.